The Hall–Kier alpha value is -2.95. The van der Waals surface area contributed by atoms with E-state index in [2.05, 4.69) is 10.4 Å². The number of anilines is 1. The summed E-state index contributed by atoms with van der Waals surface area (Å²) in [4.78, 5) is 24.6. The molecule has 0 unspecified atom stereocenters. The summed E-state index contributed by atoms with van der Waals surface area (Å²) in [6, 6.07) is 13.0. The molecule has 0 atom stereocenters. The summed E-state index contributed by atoms with van der Waals surface area (Å²) in [5.74, 6) is -0.271. The van der Waals surface area contributed by atoms with Gasteiger partial charge >= 0.3 is 0 Å². The number of rotatable bonds is 3. The van der Waals surface area contributed by atoms with Crippen LogP contribution in [0.25, 0.3) is 10.8 Å². The predicted molar refractivity (Wildman–Crippen MR) is 90.5 cm³/mol. The van der Waals surface area contributed by atoms with E-state index < -0.39 is 0 Å². The lowest BCUT2D eigenvalue weighted by Gasteiger charge is -2.12. The van der Waals surface area contributed by atoms with Gasteiger partial charge in [-0.15, -0.1) is 0 Å². The van der Waals surface area contributed by atoms with E-state index in [0.717, 1.165) is 22.2 Å². The first-order valence-electron chi connectivity index (χ1n) is 7.37. The van der Waals surface area contributed by atoms with E-state index in [4.69, 9.17) is 0 Å². The zero-order chi connectivity index (χ0) is 16.4. The standard InChI is InChI=1S/C18H17N3O2/c1-12-6-5-7-13(2)17(12)20-16(22)11-21-18(23)15-9-4-3-8-14(15)10-19-21/h3-10H,11H2,1-2H3,(H,20,22). The van der Waals surface area contributed by atoms with E-state index in [0.29, 0.717) is 5.39 Å². The van der Waals surface area contributed by atoms with E-state index in [1.165, 1.54) is 4.68 Å². The number of carbonyl (C=O) groups excluding carboxylic acids is 1. The van der Waals surface area contributed by atoms with Crippen LogP contribution in [0.15, 0.2) is 53.5 Å². The summed E-state index contributed by atoms with van der Waals surface area (Å²) in [5, 5.41) is 8.27. The molecule has 5 heteroatoms. The first-order valence-corrected chi connectivity index (χ1v) is 7.37. The highest BCUT2D eigenvalue weighted by Crippen LogP contribution is 2.19. The lowest BCUT2D eigenvalue weighted by atomic mass is 10.1. The SMILES string of the molecule is Cc1cccc(C)c1NC(=O)Cn1ncc2ccccc2c1=O. The normalized spacial score (nSPS) is 10.7. The highest BCUT2D eigenvalue weighted by molar-refractivity contribution is 5.92. The minimum Gasteiger partial charge on any atom is -0.324 e. The number of fused-ring (bicyclic) bond motifs is 1. The minimum atomic E-state index is -0.271. The molecule has 0 aliphatic carbocycles. The van der Waals surface area contributed by atoms with Gasteiger partial charge in [0.1, 0.15) is 6.54 Å². The second-order valence-corrected chi connectivity index (χ2v) is 5.51. The maximum absolute atomic E-state index is 12.4. The van der Waals surface area contributed by atoms with Gasteiger partial charge in [-0.1, -0.05) is 36.4 Å². The molecular formula is C18H17N3O2. The smallest absolute Gasteiger partial charge is 0.275 e. The Kier molecular flexibility index (Phi) is 3.93. The molecule has 0 radical (unpaired) electrons. The number of carbonyl (C=O) groups is 1. The fourth-order valence-corrected chi connectivity index (χ4v) is 2.57. The van der Waals surface area contributed by atoms with Crippen molar-refractivity contribution in [2.75, 3.05) is 5.32 Å². The Morgan fingerprint density at radius 2 is 1.78 bits per heavy atom. The van der Waals surface area contributed by atoms with Crippen LogP contribution in [-0.2, 0) is 11.3 Å². The Labute approximate surface area is 133 Å². The van der Waals surface area contributed by atoms with Crippen LogP contribution in [0.2, 0.25) is 0 Å². The number of aromatic nitrogens is 2. The minimum absolute atomic E-state index is 0.114. The molecule has 116 valence electrons. The molecule has 0 saturated carbocycles. The van der Waals surface area contributed by atoms with E-state index >= 15 is 0 Å². The Balaban J connectivity index is 1.86. The van der Waals surface area contributed by atoms with E-state index in [1.54, 1.807) is 18.3 Å². The average molecular weight is 307 g/mol. The summed E-state index contributed by atoms with van der Waals surface area (Å²) in [7, 11) is 0. The van der Waals surface area contributed by atoms with Crippen molar-refractivity contribution in [1.29, 1.82) is 0 Å². The summed E-state index contributed by atoms with van der Waals surface area (Å²) < 4.78 is 1.19. The number of aryl methyl sites for hydroxylation is 2. The molecule has 1 aromatic heterocycles. The van der Waals surface area contributed by atoms with Gasteiger partial charge in [0.15, 0.2) is 0 Å². The molecule has 2 aromatic carbocycles. The van der Waals surface area contributed by atoms with Gasteiger partial charge in [0.05, 0.1) is 11.6 Å². The summed E-state index contributed by atoms with van der Waals surface area (Å²) >= 11 is 0. The zero-order valence-corrected chi connectivity index (χ0v) is 13.0. The van der Waals surface area contributed by atoms with Gasteiger partial charge in [0.2, 0.25) is 5.91 Å². The molecule has 0 spiro atoms. The molecule has 0 fully saturated rings. The molecule has 5 nitrogen and oxygen atoms in total. The van der Waals surface area contributed by atoms with E-state index in [1.807, 2.05) is 44.2 Å². The first-order chi connectivity index (χ1) is 11.1. The van der Waals surface area contributed by atoms with Crippen LogP contribution in [0, 0.1) is 13.8 Å². The third-order valence-corrected chi connectivity index (χ3v) is 3.80. The molecule has 1 heterocycles. The fraction of sp³-hybridized carbons (Fsp3) is 0.167. The van der Waals surface area contributed by atoms with Crippen LogP contribution >= 0.6 is 0 Å². The fourth-order valence-electron chi connectivity index (χ4n) is 2.57. The Bertz CT molecular complexity index is 924. The molecule has 0 aliphatic rings. The number of hydrogen-bond acceptors (Lipinski definition) is 3. The number of para-hydroxylation sites is 1. The second-order valence-electron chi connectivity index (χ2n) is 5.51. The lowest BCUT2D eigenvalue weighted by molar-refractivity contribution is -0.117. The molecule has 0 saturated heterocycles. The van der Waals surface area contributed by atoms with Crippen LogP contribution in [0.5, 0.6) is 0 Å². The lowest BCUT2D eigenvalue weighted by Crippen LogP contribution is -2.29. The van der Waals surface area contributed by atoms with Gasteiger partial charge in [0, 0.05) is 11.1 Å². The van der Waals surface area contributed by atoms with Gasteiger partial charge < -0.3 is 5.32 Å². The topological polar surface area (TPSA) is 64.0 Å². The molecule has 3 rings (SSSR count). The third-order valence-electron chi connectivity index (χ3n) is 3.80. The van der Waals surface area contributed by atoms with Crippen molar-refractivity contribution in [3.63, 3.8) is 0 Å². The molecule has 3 aromatic rings. The maximum atomic E-state index is 12.4. The van der Waals surface area contributed by atoms with Crippen molar-refractivity contribution < 1.29 is 4.79 Å². The van der Waals surface area contributed by atoms with Crippen molar-refractivity contribution in [2.24, 2.45) is 0 Å². The quantitative estimate of drug-likeness (QED) is 0.809. The molecule has 1 amide bonds. The molecule has 0 bridgehead atoms. The third kappa shape index (κ3) is 2.99. The number of nitrogens with zero attached hydrogens (tertiary/aromatic N) is 2. The van der Waals surface area contributed by atoms with Crippen LogP contribution in [0.3, 0.4) is 0 Å². The predicted octanol–water partition coefficient (Wildman–Crippen LogP) is 2.65. The van der Waals surface area contributed by atoms with Gasteiger partial charge in [0.25, 0.3) is 5.56 Å². The van der Waals surface area contributed by atoms with Crippen molar-refractivity contribution in [1.82, 2.24) is 9.78 Å². The largest absolute Gasteiger partial charge is 0.324 e. The zero-order valence-electron chi connectivity index (χ0n) is 13.0. The van der Waals surface area contributed by atoms with Crippen molar-refractivity contribution >= 4 is 22.4 Å². The summed E-state index contributed by atoms with van der Waals surface area (Å²) in [5.41, 5.74) is 2.49. The highest BCUT2D eigenvalue weighted by Gasteiger charge is 2.10. The number of hydrogen-bond donors (Lipinski definition) is 1. The Morgan fingerprint density at radius 1 is 1.09 bits per heavy atom. The van der Waals surface area contributed by atoms with Crippen molar-refractivity contribution in [3.8, 4) is 0 Å². The number of nitrogens with one attached hydrogen (secondary N) is 1. The van der Waals surface area contributed by atoms with E-state index in [9.17, 15) is 9.59 Å². The van der Waals surface area contributed by atoms with Gasteiger partial charge in [-0.25, -0.2) is 4.68 Å². The second kappa shape index (κ2) is 6.04. The Morgan fingerprint density at radius 3 is 2.52 bits per heavy atom. The summed E-state index contributed by atoms with van der Waals surface area (Å²) in [6.45, 7) is 3.75. The first kappa shape index (κ1) is 15.0. The van der Waals surface area contributed by atoms with Crippen molar-refractivity contribution in [3.05, 3.63) is 70.1 Å². The van der Waals surface area contributed by atoms with E-state index in [-0.39, 0.29) is 18.0 Å². The maximum Gasteiger partial charge on any atom is 0.275 e. The average Bonchev–Trinajstić information content (AvgIpc) is 2.54. The van der Waals surface area contributed by atoms with Crippen molar-refractivity contribution in [2.45, 2.75) is 20.4 Å². The van der Waals surface area contributed by atoms with Gasteiger partial charge in [-0.05, 0) is 31.0 Å². The van der Waals surface area contributed by atoms with Gasteiger partial charge in [-0.3, -0.25) is 9.59 Å². The molecule has 23 heavy (non-hydrogen) atoms. The van der Waals surface area contributed by atoms with Crippen LogP contribution < -0.4 is 10.9 Å². The van der Waals surface area contributed by atoms with Crippen LogP contribution in [-0.4, -0.2) is 15.7 Å². The summed E-state index contributed by atoms with van der Waals surface area (Å²) in [6.07, 6.45) is 1.60. The van der Waals surface area contributed by atoms with Gasteiger partial charge in [-0.2, -0.15) is 5.10 Å². The molecule has 0 aliphatic heterocycles. The number of benzene rings is 2. The van der Waals surface area contributed by atoms with Crippen LogP contribution in [0.4, 0.5) is 5.69 Å². The van der Waals surface area contributed by atoms with Crippen LogP contribution in [0.1, 0.15) is 11.1 Å². The monoisotopic (exact) mass is 307 g/mol. The number of amides is 1. The highest BCUT2D eigenvalue weighted by atomic mass is 16.2. The molecular weight excluding hydrogens is 290 g/mol. The molecule has 1 N–H and O–H groups in total.